The number of piperazine rings is 1. The molecule has 3 rings (SSSR count). The number of amides is 1. The number of nitrogens with one attached hydrogen (secondary N) is 1. The monoisotopic (exact) mass is 391 g/mol. The Bertz CT molecular complexity index is 787. The maximum Gasteiger partial charge on any atom is 0.410 e. The van der Waals surface area contributed by atoms with Crippen LogP contribution in [0.25, 0.3) is 0 Å². The number of hydrogen-bond acceptors (Lipinski definition) is 5. The minimum absolute atomic E-state index is 0.0540. The van der Waals surface area contributed by atoms with Gasteiger partial charge in [-0.05, 0) is 19.9 Å². The first-order valence-electron chi connectivity index (χ1n) is 9.11. The summed E-state index contributed by atoms with van der Waals surface area (Å²) in [4.78, 5) is 17.9. The lowest BCUT2D eigenvalue weighted by Crippen LogP contribution is -2.57. The molecule has 1 fully saturated rings. The molecule has 1 amide bonds. The summed E-state index contributed by atoms with van der Waals surface area (Å²) in [6.07, 6.45) is 2.65. The standard InChI is InChI=1S/C20H23F2N3O3/c1-13-8-24-9-14(2)25(13)20(26)28-12-17-18(21)6-16(7-19(17)22)27-11-15-4-3-5-23-10-15/h3-7,10,13-14,24H,8-9,11-12H2,1-2H3. The molecular formula is C20H23F2N3O3. The third-order valence-electron chi connectivity index (χ3n) is 4.62. The van der Waals surface area contributed by atoms with Gasteiger partial charge in [-0.2, -0.15) is 0 Å². The molecule has 1 aromatic heterocycles. The second kappa shape index (κ2) is 8.97. The van der Waals surface area contributed by atoms with Crippen LogP contribution in [0.1, 0.15) is 25.0 Å². The van der Waals surface area contributed by atoms with Gasteiger partial charge in [-0.1, -0.05) is 6.07 Å². The second-order valence-electron chi connectivity index (χ2n) is 6.83. The molecule has 0 radical (unpaired) electrons. The number of ether oxygens (including phenoxy) is 2. The Morgan fingerprint density at radius 1 is 1.21 bits per heavy atom. The maximum absolute atomic E-state index is 14.3. The predicted octanol–water partition coefficient (Wildman–Crippen LogP) is 3.26. The molecular weight excluding hydrogens is 368 g/mol. The molecule has 0 aliphatic carbocycles. The van der Waals surface area contributed by atoms with E-state index in [-0.39, 0.29) is 30.0 Å². The molecule has 1 aliphatic rings. The van der Waals surface area contributed by atoms with Gasteiger partial charge < -0.3 is 19.7 Å². The minimum Gasteiger partial charge on any atom is -0.489 e. The Kier molecular flexibility index (Phi) is 6.41. The van der Waals surface area contributed by atoms with Crippen LogP contribution in [0, 0.1) is 11.6 Å². The van der Waals surface area contributed by atoms with E-state index in [0.29, 0.717) is 13.1 Å². The van der Waals surface area contributed by atoms with Crippen molar-refractivity contribution in [1.82, 2.24) is 15.2 Å². The third-order valence-corrected chi connectivity index (χ3v) is 4.62. The first-order chi connectivity index (χ1) is 13.5. The Morgan fingerprint density at radius 3 is 2.50 bits per heavy atom. The maximum atomic E-state index is 14.3. The highest BCUT2D eigenvalue weighted by molar-refractivity contribution is 5.68. The number of halogens is 2. The number of pyridine rings is 1. The van der Waals surface area contributed by atoms with Crippen LogP contribution in [0.3, 0.4) is 0 Å². The molecule has 0 bridgehead atoms. The van der Waals surface area contributed by atoms with Crippen molar-refractivity contribution in [3.05, 3.63) is 59.4 Å². The van der Waals surface area contributed by atoms with E-state index in [1.807, 2.05) is 13.8 Å². The van der Waals surface area contributed by atoms with E-state index in [1.165, 1.54) is 0 Å². The van der Waals surface area contributed by atoms with E-state index >= 15 is 0 Å². The summed E-state index contributed by atoms with van der Waals surface area (Å²) in [7, 11) is 0. The predicted molar refractivity (Wildman–Crippen MR) is 98.7 cm³/mol. The molecule has 0 spiro atoms. The van der Waals surface area contributed by atoms with Gasteiger partial charge in [0.05, 0.1) is 5.56 Å². The molecule has 1 aromatic carbocycles. The van der Waals surface area contributed by atoms with Crippen LogP contribution in [0.5, 0.6) is 5.75 Å². The second-order valence-corrected chi connectivity index (χ2v) is 6.83. The lowest BCUT2D eigenvalue weighted by molar-refractivity contribution is 0.0551. The summed E-state index contributed by atoms with van der Waals surface area (Å²) in [6, 6.07) is 5.59. The fourth-order valence-corrected chi connectivity index (χ4v) is 3.15. The molecule has 150 valence electrons. The van der Waals surface area contributed by atoms with Gasteiger partial charge in [0.25, 0.3) is 0 Å². The van der Waals surface area contributed by atoms with Gasteiger partial charge in [0.15, 0.2) is 0 Å². The molecule has 28 heavy (non-hydrogen) atoms. The van der Waals surface area contributed by atoms with Crippen LogP contribution >= 0.6 is 0 Å². The average molecular weight is 391 g/mol. The van der Waals surface area contributed by atoms with E-state index in [2.05, 4.69) is 10.3 Å². The number of benzene rings is 1. The Balaban J connectivity index is 1.62. The van der Waals surface area contributed by atoms with Crippen molar-refractivity contribution in [1.29, 1.82) is 0 Å². The van der Waals surface area contributed by atoms with Crippen LogP contribution in [0.15, 0.2) is 36.7 Å². The summed E-state index contributed by atoms with van der Waals surface area (Å²) < 4.78 is 39.3. The van der Waals surface area contributed by atoms with E-state index in [9.17, 15) is 13.6 Å². The Hall–Kier alpha value is -2.74. The van der Waals surface area contributed by atoms with Crippen LogP contribution in [0.2, 0.25) is 0 Å². The molecule has 1 N–H and O–H groups in total. The van der Waals surface area contributed by atoms with Gasteiger partial charge in [-0.25, -0.2) is 13.6 Å². The lowest BCUT2D eigenvalue weighted by Gasteiger charge is -2.38. The number of aromatic nitrogens is 1. The Labute approximate surface area is 162 Å². The first kappa shape index (κ1) is 20.0. The largest absolute Gasteiger partial charge is 0.489 e. The summed E-state index contributed by atoms with van der Waals surface area (Å²) >= 11 is 0. The number of carbonyl (C=O) groups excluding carboxylic acids is 1. The molecule has 1 saturated heterocycles. The molecule has 2 unspecified atom stereocenters. The van der Waals surface area contributed by atoms with Crippen molar-refractivity contribution in [2.24, 2.45) is 0 Å². The fourth-order valence-electron chi connectivity index (χ4n) is 3.15. The summed E-state index contributed by atoms with van der Waals surface area (Å²) in [6.45, 7) is 4.72. The highest BCUT2D eigenvalue weighted by atomic mass is 19.1. The Morgan fingerprint density at radius 2 is 1.89 bits per heavy atom. The quantitative estimate of drug-likeness (QED) is 0.848. The van der Waals surface area contributed by atoms with Gasteiger partial charge in [-0.15, -0.1) is 0 Å². The zero-order chi connectivity index (χ0) is 20.1. The summed E-state index contributed by atoms with van der Waals surface area (Å²) in [5, 5.41) is 3.20. The molecule has 1 aliphatic heterocycles. The SMILES string of the molecule is CC1CNCC(C)N1C(=O)OCc1c(F)cc(OCc2cccnc2)cc1F. The highest BCUT2D eigenvalue weighted by Gasteiger charge is 2.30. The van der Waals surface area contributed by atoms with E-state index in [0.717, 1.165) is 17.7 Å². The zero-order valence-electron chi connectivity index (χ0n) is 15.8. The van der Waals surface area contributed by atoms with Crippen LogP contribution < -0.4 is 10.1 Å². The zero-order valence-corrected chi connectivity index (χ0v) is 15.8. The van der Waals surface area contributed by atoms with Crippen molar-refractivity contribution in [2.45, 2.75) is 39.1 Å². The highest BCUT2D eigenvalue weighted by Crippen LogP contribution is 2.23. The first-order valence-corrected chi connectivity index (χ1v) is 9.11. The van der Waals surface area contributed by atoms with Crippen molar-refractivity contribution in [2.75, 3.05) is 13.1 Å². The molecule has 6 nitrogen and oxygen atoms in total. The molecule has 0 saturated carbocycles. The third kappa shape index (κ3) is 4.75. The van der Waals surface area contributed by atoms with Crippen molar-refractivity contribution in [3.63, 3.8) is 0 Å². The topological polar surface area (TPSA) is 63.7 Å². The van der Waals surface area contributed by atoms with Crippen LogP contribution in [0.4, 0.5) is 13.6 Å². The molecule has 2 aromatic rings. The van der Waals surface area contributed by atoms with Crippen molar-refractivity contribution >= 4 is 6.09 Å². The van der Waals surface area contributed by atoms with Crippen molar-refractivity contribution in [3.8, 4) is 5.75 Å². The van der Waals surface area contributed by atoms with E-state index in [4.69, 9.17) is 9.47 Å². The van der Waals surface area contributed by atoms with Gasteiger partial charge in [-0.3, -0.25) is 4.98 Å². The average Bonchev–Trinajstić information content (AvgIpc) is 2.66. The summed E-state index contributed by atoms with van der Waals surface area (Å²) in [5.74, 6) is -1.59. The lowest BCUT2D eigenvalue weighted by atomic mass is 10.1. The molecule has 8 heteroatoms. The fraction of sp³-hybridized carbons (Fsp3) is 0.400. The van der Waals surface area contributed by atoms with Crippen molar-refractivity contribution < 1.29 is 23.0 Å². The minimum atomic E-state index is -0.824. The summed E-state index contributed by atoms with van der Waals surface area (Å²) in [5.41, 5.74) is 0.470. The number of rotatable bonds is 5. The molecule has 2 atom stereocenters. The van der Waals surface area contributed by atoms with E-state index in [1.54, 1.807) is 29.4 Å². The van der Waals surface area contributed by atoms with Gasteiger partial charge in [0, 0.05) is 55.3 Å². The smallest absolute Gasteiger partial charge is 0.410 e. The van der Waals surface area contributed by atoms with Gasteiger partial charge >= 0.3 is 6.09 Å². The van der Waals surface area contributed by atoms with Crippen LogP contribution in [-0.2, 0) is 18.0 Å². The number of nitrogens with zero attached hydrogens (tertiary/aromatic N) is 2. The van der Waals surface area contributed by atoms with Gasteiger partial charge in [0.2, 0.25) is 0 Å². The van der Waals surface area contributed by atoms with Gasteiger partial charge in [0.1, 0.15) is 30.6 Å². The normalized spacial score (nSPS) is 19.4. The number of hydrogen-bond donors (Lipinski definition) is 1. The molecule has 2 heterocycles. The van der Waals surface area contributed by atoms with E-state index < -0.39 is 24.3 Å². The number of carbonyl (C=O) groups is 1. The van der Waals surface area contributed by atoms with Crippen LogP contribution in [-0.4, -0.2) is 41.2 Å².